The van der Waals surface area contributed by atoms with Gasteiger partial charge in [0.25, 0.3) is 5.24 Å². The quantitative estimate of drug-likeness (QED) is 0.776. The van der Waals surface area contributed by atoms with Crippen LogP contribution in [0.5, 0.6) is 0 Å². The monoisotopic (exact) mass is 368 g/mol. The first-order chi connectivity index (χ1) is 11.8. The molecule has 3 rings (SSSR count). The highest BCUT2D eigenvalue weighted by Crippen LogP contribution is 2.28. The fourth-order valence-electron chi connectivity index (χ4n) is 2.77. The summed E-state index contributed by atoms with van der Waals surface area (Å²) in [6.07, 6.45) is -1.12. The molecular formula is C15H17FN4O4S. The molecule has 0 aromatic heterocycles. The van der Waals surface area contributed by atoms with Gasteiger partial charge in [0.2, 0.25) is 5.91 Å². The predicted octanol–water partition coefficient (Wildman–Crippen LogP) is 1.03. The van der Waals surface area contributed by atoms with E-state index in [0.29, 0.717) is 5.69 Å². The Morgan fingerprint density at radius 1 is 1.48 bits per heavy atom. The van der Waals surface area contributed by atoms with Crippen LogP contribution >= 0.6 is 12.6 Å². The molecule has 0 aliphatic carbocycles. The van der Waals surface area contributed by atoms with E-state index in [2.05, 4.69) is 17.9 Å². The molecule has 134 valence electrons. The maximum atomic E-state index is 14.4. The van der Waals surface area contributed by atoms with Gasteiger partial charge < -0.3 is 19.9 Å². The van der Waals surface area contributed by atoms with Crippen molar-refractivity contribution in [3.05, 3.63) is 24.0 Å². The standard InChI is InChI=1S/C15H17FN4O4S/c1-18(15(23)25)5-10-6-20(14(22)24-10)9-2-3-12(11(16)4-9)19-7-13(21)17-8-19/h2-4,10H,5-8H2,1H3,(H,17,21)(H,23,25)/t10-/m1/s1. The van der Waals surface area contributed by atoms with Crippen molar-refractivity contribution in [2.45, 2.75) is 6.10 Å². The normalized spacial score (nSPS) is 19.9. The first-order valence-corrected chi connectivity index (χ1v) is 8.03. The zero-order chi connectivity index (χ0) is 18.1. The third kappa shape index (κ3) is 3.63. The highest BCUT2D eigenvalue weighted by Gasteiger charge is 2.34. The number of nitrogens with zero attached hydrogens (tertiary/aromatic N) is 3. The van der Waals surface area contributed by atoms with Crippen molar-refractivity contribution in [1.82, 2.24) is 10.2 Å². The Kier molecular flexibility index (Phi) is 4.71. The van der Waals surface area contributed by atoms with E-state index >= 15 is 0 Å². The number of likely N-dealkylation sites (N-methyl/N-ethyl adjacent to an activating group) is 1. The average Bonchev–Trinajstić information content (AvgIpc) is 3.13. The van der Waals surface area contributed by atoms with Gasteiger partial charge in [0.1, 0.15) is 11.9 Å². The van der Waals surface area contributed by atoms with Crippen molar-refractivity contribution in [3.8, 4) is 0 Å². The van der Waals surface area contributed by atoms with E-state index in [1.54, 1.807) is 18.0 Å². The molecule has 10 heteroatoms. The molecular weight excluding hydrogens is 351 g/mol. The Morgan fingerprint density at radius 3 is 2.84 bits per heavy atom. The summed E-state index contributed by atoms with van der Waals surface area (Å²) in [5.41, 5.74) is 0.638. The number of amides is 3. The minimum atomic E-state index is -0.602. The predicted molar refractivity (Wildman–Crippen MR) is 91.4 cm³/mol. The molecule has 1 N–H and O–H groups in total. The molecule has 2 aliphatic heterocycles. The zero-order valence-corrected chi connectivity index (χ0v) is 14.3. The van der Waals surface area contributed by atoms with Crippen LogP contribution in [0.1, 0.15) is 0 Å². The molecule has 0 radical (unpaired) electrons. The summed E-state index contributed by atoms with van der Waals surface area (Å²) in [6.45, 7) is 0.737. The van der Waals surface area contributed by atoms with Crippen LogP contribution in [-0.4, -0.2) is 61.6 Å². The molecule has 2 aliphatic rings. The molecule has 3 amide bonds. The number of hydrogen-bond donors (Lipinski definition) is 2. The number of cyclic esters (lactones) is 1. The van der Waals surface area contributed by atoms with Gasteiger partial charge in [-0.25, -0.2) is 9.18 Å². The van der Waals surface area contributed by atoms with Crippen molar-refractivity contribution in [1.29, 1.82) is 0 Å². The molecule has 2 saturated heterocycles. The molecule has 0 unspecified atom stereocenters. The lowest BCUT2D eigenvalue weighted by molar-refractivity contribution is -0.118. The number of rotatable bonds is 4. The lowest BCUT2D eigenvalue weighted by Gasteiger charge is -2.19. The third-order valence-electron chi connectivity index (χ3n) is 4.06. The largest absolute Gasteiger partial charge is 0.442 e. The second-order valence-electron chi connectivity index (χ2n) is 5.87. The molecule has 8 nitrogen and oxygen atoms in total. The van der Waals surface area contributed by atoms with Crippen molar-refractivity contribution >= 4 is 41.2 Å². The Labute approximate surface area is 148 Å². The minimum Gasteiger partial charge on any atom is -0.442 e. The van der Waals surface area contributed by atoms with E-state index in [0.717, 1.165) is 0 Å². The number of anilines is 2. The molecule has 25 heavy (non-hydrogen) atoms. The van der Waals surface area contributed by atoms with Crippen molar-refractivity contribution < 1.29 is 23.5 Å². The number of hydrogen-bond acceptors (Lipinski definition) is 5. The van der Waals surface area contributed by atoms with Gasteiger partial charge in [0.15, 0.2) is 0 Å². The van der Waals surface area contributed by atoms with Gasteiger partial charge in [-0.3, -0.25) is 14.5 Å². The smallest absolute Gasteiger partial charge is 0.414 e. The second-order valence-corrected chi connectivity index (χ2v) is 6.25. The third-order valence-corrected chi connectivity index (χ3v) is 4.40. The van der Waals surface area contributed by atoms with E-state index < -0.39 is 23.3 Å². The van der Waals surface area contributed by atoms with Crippen LogP contribution in [0.15, 0.2) is 18.2 Å². The van der Waals surface area contributed by atoms with Gasteiger partial charge in [-0.05, 0) is 18.2 Å². The molecule has 0 spiro atoms. The van der Waals surface area contributed by atoms with Crippen LogP contribution in [-0.2, 0) is 9.53 Å². The van der Waals surface area contributed by atoms with Gasteiger partial charge in [-0.1, -0.05) is 12.6 Å². The summed E-state index contributed by atoms with van der Waals surface area (Å²) in [6, 6.07) is 4.35. The Hall–Kier alpha value is -2.49. The fraction of sp³-hybridized carbons (Fsp3) is 0.400. The summed E-state index contributed by atoms with van der Waals surface area (Å²) in [4.78, 5) is 38.6. The van der Waals surface area contributed by atoms with Crippen LogP contribution in [0.3, 0.4) is 0 Å². The lowest BCUT2D eigenvalue weighted by atomic mass is 10.2. The number of halogens is 1. The Bertz CT molecular complexity index is 731. The fourth-order valence-corrected chi connectivity index (χ4v) is 2.85. The van der Waals surface area contributed by atoms with Crippen LogP contribution in [0, 0.1) is 5.82 Å². The van der Waals surface area contributed by atoms with E-state index in [-0.39, 0.29) is 37.9 Å². The van der Waals surface area contributed by atoms with E-state index in [9.17, 15) is 18.8 Å². The van der Waals surface area contributed by atoms with Gasteiger partial charge in [0, 0.05) is 7.05 Å². The number of carbonyl (C=O) groups is 3. The zero-order valence-electron chi connectivity index (χ0n) is 13.4. The molecule has 1 atom stereocenters. The van der Waals surface area contributed by atoms with Gasteiger partial charge in [-0.15, -0.1) is 0 Å². The van der Waals surface area contributed by atoms with Crippen LogP contribution in [0.2, 0.25) is 0 Å². The Balaban J connectivity index is 1.71. The number of ether oxygens (including phenoxy) is 1. The van der Waals surface area contributed by atoms with Crippen molar-refractivity contribution in [3.63, 3.8) is 0 Å². The summed E-state index contributed by atoms with van der Waals surface area (Å²) < 4.78 is 19.6. The lowest BCUT2D eigenvalue weighted by Crippen LogP contribution is -2.33. The van der Waals surface area contributed by atoms with Gasteiger partial charge >= 0.3 is 6.09 Å². The number of carbonyl (C=O) groups excluding carboxylic acids is 3. The van der Waals surface area contributed by atoms with Gasteiger partial charge in [-0.2, -0.15) is 0 Å². The number of benzene rings is 1. The number of thiol groups is 1. The molecule has 2 heterocycles. The number of nitrogens with one attached hydrogen (secondary N) is 1. The summed E-state index contributed by atoms with van der Waals surface area (Å²) >= 11 is 3.70. The van der Waals surface area contributed by atoms with Crippen LogP contribution in [0.4, 0.5) is 25.4 Å². The minimum absolute atomic E-state index is 0.0915. The molecule has 2 fully saturated rings. The average molecular weight is 368 g/mol. The maximum absolute atomic E-state index is 14.4. The van der Waals surface area contributed by atoms with Crippen LogP contribution in [0.25, 0.3) is 0 Å². The summed E-state index contributed by atoms with van der Waals surface area (Å²) in [5.74, 6) is -0.704. The van der Waals surface area contributed by atoms with Crippen molar-refractivity contribution in [2.24, 2.45) is 0 Å². The van der Waals surface area contributed by atoms with E-state index in [4.69, 9.17) is 4.74 Å². The summed E-state index contributed by atoms with van der Waals surface area (Å²) in [5, 5.41) is 2.17. The first kappa shape index (κ1) is 17.3. The SMILES string of the molecule is CN(C[C@@H]1CN(c2ccc(N3CNC(=O)C3)c(F)c2)C(=O)O1)C(=O)S. The van der Waals surface area contributed by atoms with Crippen LogP contribution < -0.4 is 15.1 Å². The molecule has 1 aromatic carbocycles. The highest BCUT2D eigenvalue weighted by molar-refractivity contribution is 7.96. The molecule has 0 saturated carbocycles. The van der Waals surface area contributed by atoms with E-state index in [1.165, 1.54) is 21.9 Å². The first-order valence-electron chi connectivity index (χ1n) is 7.58. The molecule has 0 bridgehead atoms. The maximum Gasteiger partial charge on any atom is 0.414 e. The van der Waals surface area contributed by atoms with E-state index in [1.807, 2.05) is 0 Å². The van der Waals surface area contributed by atoms with Crippen molar-refractivity contribution in [2.75, 3.05) is 43.2 Å². The second kappa shape index (κ2) is 6.79. The van der Waals surface area contributed by atoms with Gasteiger partial charge in [0.05, 0.1) is 37.7 Å². The molecule has 1 aromatic rings. The Morgan fingerprint density at radius 2 is 2.24 bits per heavy atom. The topological polar surface area (TPSA) is 82.2 Å². The summed E-state index contributed by atoms with van der Waals surface area (Å²) in [7, 11) is 1.55. The highest BCUT2D eigenvalue weighted by atomic mass is 32.1.